The van der Waals surface area contributed by atoms with Gasteiger partial charge in [0.05, 0.1) is 12.8 Å². The molecule has 1 aromatic rings. The third kappa shape index (κ3) is 3.20. The number of amides is 1. The smallest absolute Gasteiger partial charge is 0.222 e. The molecule has 1 rings (SSSR count). The number of ether oxygens (including phenoxy) is 1. The number of carbonyl (C=O) groups excluding carboxylic acids is 1. The maximum absolute atomic E-state index is 10.8. The largest absolute Gasteiger partial charge is 0.494 e. The van der Waals surface area contributed by atoms with Gasteiger partial charge in [-0.2, -0.15) is 0 Å². The summed E-state index contributed by atoms with van der Waals surface area (Å²) in [6, 6.07) is 5.65. The lowest BCUT2D eigenvalue weighted by Gasteiger charge is -2.13. The number of benzene rings is 1. The van der Waals surface area contributed by atoms with Crippen LogP contribution in [0.15, 0.2) is 18.2 Å². The van der Waals surface area contributed by atoms with E-state index in [9.17, 15) is 4.79 Å². The third-order valence-corrected chi connectivity index (χ3v) is 2.16. The van der Waals surface area contributed by atoms with Crippen LogP contribution in [-0.4, -0.2) is 18.1 Å². The van der Waals surface area contributed by atoms with Gasteiger partial charge in [-0.1, -0.05) is 12.1 Å². The van der Waals surface area contributed by atoms with Crippen LogP contribution in [-0.2, 0) is 4.79 Å². The Bertz CT molecular complexity index is 418. The molecular weight excluding hydrogens is 224 g/mol. The number of hydrogen-bond acceptors (Lipinski definition) is 3. The summed E-state index contributed by atoms with van der Waals surface area (Å²) >= 11 is 4.96. The highest BCUT2D eigenvalue weighted by atomic mass is 32.1. The Morgan fingerprint density at radius 1 is 1.44 bits per heavy atom. The van der Waals surface area contributed by atoms with Crippen LogP contribution in [0, 0.1) is 6.92 Å². The minimum absolute atomic E-state index is 0.205. The monoisotopic (exact) mass is 238 g/mol. The molecule has 0 aliphatic carbocycles. The van der Waals surface area contributed by atoms with Crippen LogP contribution in [0.3, 0.4) is 0 Å². The zero-order chi connectivity index (χ0) is 12.1. The third-order valence-electron chi connectivity index (χ3n) is 1.95. The second kappa shape index (κ2) is 5.46. The first kappa shape index (κ1) is 12.4. The molecule has 1 amide bonds. The standard InChI is InChI=1S/C11H14N2O2S/c1-7-5-4-6-9(10(7)15-3)13-11(16)12-8(2)14/h4-6H,1-3H3,(H2,12,13,14,16). The van der Waals surface area contributed by atoms with E-state index in [4.69, 9.17) is 17.0 Å². The highest BCUT2D eigenvalue weighted by Gasteiger charge is 2.07. The van der Waals surface area contributed by atoms with Crippen molar-refractivity contribution < 1.29 is 9.53 Å². The van der Waals surface area contributed by atoms with Crippen LogP contribution in [0.2, 0.25) is 0 Å². The second-order valence-corrected chi connectivity index (χ2v) is 3.70. The topological polar surface area (TPSA) is 50.4 Å². The SMILES string of the molecule is COc1c(C)cccc1NC(=S)NC(C)=O. The Morgan fingerprint density at radius 2 is 2.12 bits per heavy atom. The van der Waals surface area contributed by atoms with E-state index in [1.165, 1.54) is 6.92 Å². The Morgan fingerprint density at radius 3 is 2.69 bits per heavy atom. The van der Waals surface area contributed by atoms with Crippen molar-refractivity contribution in [3.05, 3.63) is 23.8 Å². The predicted molar refractivity (Wildman–Crippen MR) is 67.8 cm³/mol. The van der Waals surface area contributed by atoms with Crippen molar-refractivity contribution >= 4 is 28.9 Å². The fraction of sp³-hybridized carbons (Fsp3) is 0.273. The molecule has 0 bridgehead atoms. The van der Waals surface area contributed by atoms with E-state index in [1.807, 2.05) is 25.1 Å². The van der Waals surface area contributed by atoms with Crippen molar-refractivity contribution in [3.63, 3.8) is 0 Å². The Hall–Kier alpha value is -1.62. The summed E-state index contributed by atoms with van der Waals surface area (Å²) in [5.74, 6) is 0.513. The van der Waals surface area contributed by atoms with Gasteiger partial charge in [-0.25, -0.2) is 0 Å². The fourth-order valence-electron chi connectivity index (χ4n) is 1.34. The van der Waals surface area contributed by atoms with Crippen LogP contribution in [0.25, 0.3) is 0 Å². The summed E-state index contributed by atoms with van der Waals surface area (Å²) in [6.07, 6.45) is 0. The number of methoxy groups -OCH3 is 1. The van der Waals surface area contributed by atoms with E-state index in [1.54, 1.807) is 7.11 Å². The lowest BCUT2D eigenvalue weighted by atomic mass is 10.2. The van der Waals surface area contributed by atoms with Gasteiger partial charge in [0.2, 0.25) is 5.91 Å². The van der Waals surface area contributed by atoms with Crippen molar-refractivity contribution in [2.45, 2.75) is 13.8 Å². The summed E-state index contributed by atoms with van der Waals surface area (Å²) in [4.78, 5) is 10.8. The number of carbonyl (C=O) groups is 1. The maximum Gasteiger partial charge on any atom is 0.222 e. The molecule has 0 saturated carbocycles. The lowest BCUT2D eigenvalue weighted by Crippen LogP contribution is -2.32. The van der Waals surface area contributed by atoms with Gasteiger partial charge in [-0.15, -0.1) is 0 Å². The van der Waals surface area contributed by atoms with Crippen LogP contribution in [0.4, 0.5) is 5.69 Å². The van der Waals surface area contributed by atoms with Crippen molar-refractivity contribution in [2.24, 2.45) is 0 Å². The Labute approximate surface area is 100.0 Å². The molecule has 0 atom stereocenters. The summed E-state index contributed by atoms with van der Waals surface area (Å²) in [5.41, 5.74) is 1.74. The van der Waals surface area contributed by atoms with E-state index in [-0.39, 0.29) is 11.0 Å². The van der Waals surface area contributed by atoms with Crippen LogP contribution >= 0.6 is 12.2 Å². The van der Waals surface area contributed by atoms with Gasteiger partial charge in [-0.05, 0) is 30.8 Å². The molecule has 0 heterocycles. The number of rotatable bonds is 2. The highest BCUT2D eigenvalue weighted by molar-refractivity contribution is 7.80. The quantitative estimate of drug-likeness (QED) is 0.772. The molecule has 0 spiro atoms. The van der Waals surface area contributed by atoms with Crippen molar-refractivity contribution in [2.75, 3.05) is 12.4 Å². The van der Waals surface area contributed by atoms with Crippen molar-refractivity contribution in [3.8, 4) is 5.75 Å². The van der Waals surface area contributed by atoms with E-state index >= 15 is 0 Å². The van der Waals surface area contributed by atoms with Gasteiger partial charge in [0, 0.05) is 6.92 Å². The fourth-order valence-corrected chi connectivity index (χ4v) is 1.59. The molecule has 0 aromatic heterocycles. The minimum Gasteiger partial charge on any atom is -0.494 e. The first-order valence-corrected chi connectivity index (χ1v) is 5.17. The number of thiocarbonyl (C=S) groups is 1. The van der Waals surface area contributed by atoms with Gasteiger partial charge in [-0.3, -0.25) is 4.79 Å². The van der Waals surface area contributed by atoms with Crippen molar-refractivity contribution in [1.82, 2.24) is 5.32 Å². The van der Waals surface area contributed by atoms with Crippen molar-refractivity contribution in [1.29, 1.82) is 0 Å². The van der Waals surface area contributed by atoms with Gasteiger partial charge in [0.25, 0.3) is 0 Å². The van der Waals surface area contributed by atoms with Crippen LogP contribution < -0.4 is 15.4 Å². The lowest BCUT2D eigenvalue weighted by molar-refractivity contribution is -0.117. The van der Waals surface area contributed by atoms with Crippen LogP contribution in [0.1, 0.15) is 12.5 Å². The zero-order valence-corrected chi connectivity index (χ0v) is 10.3. The number of hydrogen-bond donors (Lipinski definition) is 2. The van der Waals surface area contributed by atoms with Gasteiger partial charge in [0.1, 0.15) is 5.75 Å². The number of anilines is 1. The molecule has 5 heteroatoms. The molecule has 1 aromatic carbocycles. The minimum atomic E-state index is -0.205. The summed E-state index contributed by atoms with van der Waals surface area (Å²) in [7, 11) is 1.59. The normalized spacial score (nSPS) is 9.44. The molecular formula is C11H14N2O2S. The molecule has 0 unspecified atom stereocenters. The first-order valence-electron chi connectivity index (χ1n) is 4.76. The average molecular weight is 238 g/mol. The molecule has 86 valence electrons. The molecule has 0 aliphatic rings. The molecule has 0 saturated heterocycles. The molecule has 0 fully saturated rings. The second-order valence-electron chi connectivity index (χ2n) is 3.29. The van der Waals surface area contributed by atoms with E-state index < -0.39 is 0 Å². The molecule has 0 radical (unpaired) electrons. The van der Waals surface area contributed by atoms with Gasteiger partial charge >= 0.3 is 0 Å². The Kier molecular flexibility index (Phi) is 4.25. The molecule has 2 N–H and O–H groups in total. The predicted octanol–water partition coefficient (Wildman–Crippen LogP) is 1.84. The number of aryl methyl sites for hydroxylation is 1. The molecule has 0 aliphatic heterocycles. The Balaban J connectivity index is 2.84. The van der Waals surface area contributed by atoms with E-state index in [0.29, 0.717) is 0 Å². The number of para-hydroxylation sites is 1. The van der Waals surface area contributed by atoms with Crippen LogP contribution in [0.5, 0.6) is 5.75 Å². The first-order chi connectivity index (χ1) is 7.54. The van der Waals surface area contributed by atoms with Gasteiger partial charge in [0.15, 0.2) is 5.11 Å². The summed E-state index contributed by atoms with van der Waals surface area (Å²) in [5, 5.41) is 5.66. The van der Waals surface area contributed by atoms with E-state index in [0.717, 1.165) is 17.0 Å². The maximum atomic E-state index is 10.8. The van der Waals surface area contributed by atoms with E-state index in [2.05, 4.69) is 10.6 Å². The average Bonchev–Trinajstić information content (AvgIpc) is 2.16. The zero-order valence-electron chi connectivity index (χ0n) is 9.46. The highest BCUT2D eigenvalue weighted by Crippen LogP contribution is 2.27. The summed E-state index contributed by atoms with van der Waals surface area (Å²) in [6.45, 7) is 3.34. The van der Waals surface area contributed by atoms with Gasteiger partial charge < -0.3 is 15.4 Å². The summed E-state index contributed by atoms with van der Waals surface area (Å²) < 4.78 is 5.25. The molecule has 16 heavy (non-hydrogen) atoms. The molecule has 4 nitrogen and oxygen atoms in total. The number of nitrogens with one attached hydrogen (secondary N) is 2.